The molecule has 1 fully saturated rings. The fraction of sp³-hybridized carbons (Fsp3) is 0.333. The highest BCUT2D eigenvalue weighted by Gasteiger charge is 2.29. The summed E-state index contributed by atoms with van der Waals surface area (Å²) in [6.07, 6.45) is 2.53. The Hall–Kier alpha value is -4.46. The summed E-state index contributed by atoms with van der Waals surface area (Å²) in [6.45, 7) is -0.907. The lowest BCUT2D eigenvalue weighted by Crippen LogP contribution is -2.55. The van der Waals surface area contributed by atoms with E-state index in [1.165, 1.54) is 42.3 Å². The standard InChI is InChI=1S/C27H26F4N6O4/c1-15-12-35(7-8-36(15)21(39)14-38)27-32-10-17(11-33-27)22-19(28)9-18-24(23(22)29)37(34(2)25(18)40)13-16-5-3-4-6-20(16)41-26(30)31/h3-6,9-11,15,26,38H,7-8,12-14H2,1-2H3/t15-/m1/s1. The first kappa shape index (κ1) is 28.1. The van der Waals surface area contributed by atoms with Crippen molar-refractivity contribution < 1.29 is 32.2 Å². The number of aliphatic hydroxyl groups is 1. The van der Waals surface area contributed by atoms with Gasteiger partial charge in [-0.25, -0.2) is 18.7 Å². The van der Waals surface area contributed by atoms with Crippen LogP contribution in [0.3, 0.4) is 0 Å². The van der Waals surface area contributed by atoms with Crippen LogP contribution in [0.5, 0.6) is 5.75 Å². The zero-order chi connectivity index (χ0) is 29.4. The fourth-order valence-corrected chi connectivity index (χ4v) is 5.13. The number of anilines is 1. The van der Waals surface area contributed by atoms with E-state index < -0.39 is 36.0 Å². The normalized spacial score (nSPS) is 15.7. The zero-order valence-electron chi connectivity index (χ0n) is 22.1. The first-order valence-corrected chi connectivity index (χ1v) is 12.7. The van der Waals surface area contributed by atoms with Crippen molar-refractivity contribution in [3.8, 4) is 16.9 Å². The SMILES string of the molecule is C[C@@H]1CN(c2ncc(-c3c(F)cc4c(=O)n(C)n(Cc5ccccc5OC(F)F)c4c3F)cn2)CCN1C(=O)CO. The van der Waals surface area contributed by atoms with E-state index in [0.29, 0.717) is 25.6 Å². The van der Waals surface area contributed by atoms with Gasteiger partial charge in [-0.05, 0) is 19.1 Å². The number of benzene rings is 2. The Morgan fingerprint density at radius 1 is 1.17 bits per heavy atom. The topological polar surface area (TPSA) is 106 Å². The Bertz CT molecular complexity index is 1660. The minimum atomic E-state index is -3.09. The minimum Gasteiger partial charge on any atom is -0.434 e. The number of aromatic nitrogens is 4. The van der Waals surface area contributed by atoms with Crippen LogP contribution < -0.4 is 15.2 Å². The molecule has 5 rings (SSSR count). The van der Waals surface area contributed by atoms with Crippen LogP contribution in [0.25, 0.3) is 22.0 Å². The molecule has 41 heavy (non-hydrogen) atoms. The van der Waals surface area contributed by atoms with Gasteiger partial charge < -0.3 is 19.6 Å². The van der Waals surface area contributed by atoms with Gasteiger partial charge in [0.15, 0.2) is 5.82 Å². The van der Waals surface area contributed by atoms with Crippen LogP contribution >= 0.6 is 0 Å². The van der Waals surface area contributed by atoms with E-state index in [-0.39, 0.29) is 46.3 Å². The monoisotopic (exact) mass is 574 g/mol. The number of halogens is 4. The number of nitrogens with zero attached hydrogens (tertiary/aromatic N) is 6. The summed E-state index contributed by atoms with van der Waals surface area (Å²) >= 11 is 0. The third-order valence-electron chi connectivity index (χ3n) is 7.14. The number of rotatable bonds is 7. The van der Waals surface area contributed by atoms with Gasteiger partial charge in [-0.3, -0.25) is 19.0 Å². The first-order valence-electron chi connectivity index (χ1n) is 12.7. The van der Waals surface area contributed by atoms with E-state index in [2.05, 4.69) is 14.7 Å². The average Bonchev–Trinajstić information content (AvgIpc) is 3.18. The number of aliphatic hydroxyl groups excluding tert-OH is 1. The maximum atomic E-state index is 16.1. The molecule has 0 radical (unpaired) electrons. The minimum absolute atomic E-state index is 0.0251. The summed E-state index contributed by atoms with van der Waals surface area (Å²) in [5, 5.41) is 8.92. The summed E-state index contributed by atoms with van der Waals surface area (Å²) in [7, 11) is 1.36. The molecule has 14 heteroatoms. The number of ether oxygens (including phenoxy) is 1. The predicted molar refractivity (Wildman–Crippen MR) is 141 cm³/mol. The molecule has 2 aromatic heterocycles. The van der Waals surface area contributed by atoms with Crippen molar-refractivity contribution in [2.24, 2.45) is 7.05 Å². The Kier molecular flexibility index (Phi) is 7.67. The van der Waals surface area contributed by atoms with Crippen molar-refractivity contribution >= 4 is 22.8 Å². The van der Waals surface area contributed by atoms with E-state index in [1.807, 2.05) is 11.8 Å². The summed E-state index contributed by atoms with van der Waals surface area (Å²) in [6, 6.07) is 6.64. The molecule has 0 aliphatic carbocycles. The Balaban J connectivity index is 1.50. The summed E-state index contributed by atoms with van der Waals surface area (Å²) < 4.78 is 64.1. The second kappa shape index (κ2) is 11.2. The molecule has 1 N–H and O–H groups in total. The van der Waals surface area contributed by atoms with Crippen molar-refractivity contribution in [1.82, 2.24) is 24.2 Å². The maximum Gasteiger partial charge on any atom is 0.387 e. The highest BCUT2D eigenvalue weighted by molar-refractivity contribution is 5.86. The molecule has 2 aromatic carbocycles. The van der Waals surface area contributed by atoms with Gasteiger partial charge in [0.05, 0.1) is 17.5 Å². The van der Waals surface area contributed by atoms with Gasteiger partial charge in [-0.15, -0.1) is 0 Å². The molecule has 0 spiro atoms. The van der Waals surface area contributed by atoms with Gasteiger partial charge >= 0.3 is 6.61 Å². The van der Waals surface area contributed by atoms with E-state index in [0.717, 1.165) is 10.7 Å². The number of carbonyl (C=O) groups excluding carboxylic acids is 1. The van der Waals surface area contributed by atoms with Crippen molar-refractivity contribution in [2.45, 2.75) is 26.1 Å². The molecule has 0 unspecified atom stereocenters. The lowest BCUT2D eigenvalue weighted by Gasteiger charge is -2.39. The quantitative estimate of drug-likeness (QED) is 0.339. The van der Waals surface area contributed by atoms with Crippen molar-refractivity contribution in [1.29, 1.82) is 0 Å². The van der Waals surface area contributed by atoms with Gasteiger partial charge in [0.1, 0.15) is 23.7 Å². The number of carbonyl (C=O) groups is 1. The van der Waals surface area contributed by atoms with Crippen LogP contribution in [-0.2, 0) is 18.4 Å². The number of amides is 1. The molecule has 1 aliphatic heterocycles. The second-order valence-corrected chi connectivity index (χ2v) is 9.63. The van der Waals surface area contributed by atoms with E-state index in [9.17, 15) is 18.4 Å². The molecule has 1 saturated heterocycles. The molecular weight excluding hydrogens is 548 g/mol. The molecule has 4 aromatic rings. The highest BCUT2D eigenvalue weighted by atomic mass is 19.3. The van der Waals surface area contributed by atoms with Crippen molar-refractivity contribution in [3.05, 3.63) is 70.3 Å². The molecule has 0 saturated carbocycles. The Morgan fingerprint density at radius 3 is 2.54 bits per heavy atom. The van der Waals surface area contributed by atoms with Gasteiger partial charge in [-0.2, -0.15) is 8.78 Å². The molecular formula is C27H26F4N6O4. The Morgan fingerprint density at radius 2 is 1.88 bits per heavy atom. The van der Waals surface area contributed by atoms with E-state index in [4.69, 9.17) is 5.11 Å². The molecule has 10 nitrogen and oxygen atoms in total. The maximum absolute atomic E-state index is 16.1. The van der Waals surface area contributed by atoms with Gasteiger partial charge in [0, 0.05) is 56.2 Å². The highest BCUT2D eigenvalue weighted by Crippen LogP contribution is 2.32. The average molecular weight is 575 g/mol. The lowest BCUT2D eigenvalue weighted by atomic mass is 10.1. The third kappa shape index (κ3) is 5.22. The van der Waals surface area contributed by atoms with Crippen LogP contribution in [0, 0.1) is 11.6 Å². The smallest absolute Gasteiger partial charge is 0.387 e. The van der Waals surface area contributed by atoms with E-state index >= 15 is 8.78 Å². The molecule has 1 atom stereocenters. The zero-order valence-corrected chi connectivity index (χ0v) is 22.1. The molecule has 0 bridgehead atoms. The lowest BCUT2D eigenvalue weighted by molar-refractivity contribution is -0.136. The number of fused-ring (bicyclic) bond motifs is 1. The van der Waals surface area contributed by atoms with Crippen molar-refractivity contribution in [3.63, 3.8) is 0 Å². The fourth-order valence-electron chi connectivity index (χ4n) is 5.13. The van der Waals surface area contributed by atoms with Gasteiger partial charge in [-0.1, -0.05) is 18.2 Å². The summed E-state index contributed by atoms with van der Waals surface area (Å²) in [5.41, 5.74) is -1.06. The van der Waals surface area contributed by atoms with Gasteiger partial charge in [0.25, 0.3) is 5.56 Å². The van der Waals surface area contributed by atoms with Gasteiger partial charge in [0.2, 0.25) is 11.9 Å². The van der Waals surface area contributed by atoms with Crippen LogP contribution in [0.2, 0.25) is 0 Å². The molecule has 1 aliphatic rings. The van der Waals surface area contributed by atoms with Crippen LogP contribution in [-0.4, -0.2) is 74.1 Å². The van der Waals surface area contributed by atoms with E-state index in [1.54, 1.807) is 11.0 Å². The molecule has 216 valence electrons. The number of alkyl halides is 2. The number of hydrogen-bond donors (Lipinski definition) is 1. The summed E-state index contributed by atoms with van der Waals surface area (Å²) in [4.78, 5) is 36.7. The van der Waals surface area contributed by atoms with Crippen LogP contribution in [0.15, 0.2) is 47.5 Å². The molecule has 3 heterocycles. The number of piperazine rings is 1. The summed E-state index contributed by atoms with van der Waals surface area (Å²) in [5.74, 6) is -2.25. The first-order chi connectivity index (χ1) is 19.6. The van der Waals surface area contributed by atoms with Crippen LogP contribution in [0.1, 0.15) is 12.5 Å². The second-order valence-electron chi connectivity index (χ2n) is 9.63. The third-order valence-corrected chi connectivity index (χ3v) is 7.14. The largest absolute Gasteiger partial charge is 0.434 e. The Labute approximate surface area is 231 Å². The number of para-hydroxylation sites is 1. The predicted octanol–water partition coefficient (Wildman–Crippen LogP) is 2.75. The van der Waals surface area contributed by atoms with Crippen LogP contribution in [0.4, 0.5) is 23.5 Å². The number of hydrogen-bond acceptors (Lipinski definition) is 7. The van der Waals surface area contributed by atoms with Crippen molar-refractivity contribution in [2.75, 3.05) is 31.1 Å². The molecule has 1 amide bonds.